The smallest absolute Gasteiger partial charge is 0.260 e. The molecule has 0 radical (unpaired) electrons. The first-order valence-corrected chi connectivity index (χ1v) is 12.2. The van der Waals surface area contributed by atoms with Crippen molar-refractivity contribution in [3.05, 3.63) is 74.4 Å². The van der Waals surface area contributed by atoms with Gasteiger partial charge >= 0.3 is 0 Å². The van der Waals surface area contributed by atoms with Gasteiger partial charge in [0.1, 0.15) is 18.1 Å². The fourth-order valence-corrected chi connectivity index (χ4v) is 4.53. The highest BCUT2D eigenvalue weighted by molar-refractivity contribution is 7.92. The number of carbonyl (C=O) groups is 1. The Morgan fingerprint density at radius 1 is 1.03 bits per heavy atom. The lowest BCUT2D eigenvalue weighted by atomic mass is 10.2. The third kappa shape index (κ3) is 6.40. The molecule has 0 spiro atoms. The molecule has 0 unspecified atom stereocenters. The molecule has 0 fully saturated rings. The van der Waals surface area contributed by atoms with Gasteiger partial charge in [0.25, 0.3) is 5.91 Å². The van der Waals surface area contributed by atoms with E-state index < -0.39 is 22.5 Å². The molecule has 12 heteroatoms. The highest BCUT2D eigenvalue weighted by Crippen LogP contribution is 2.31. The number of rotatable bonds is 7. The number of furan rings is 1. The molecule has 1 aromatic heterocycles. The van der Waals surface area contributed by atoms with E-state index in [1.165, 1.54) is 24.4 Å². The fourth-order valence-electron chi connectivity index (χ4n) is 2.67. The molecule has 0 saturated heterocycles. The van der Waals surface area contributed by atoms with Crippen molar-refractivity contribution in [1.82, 2.24) is 5.43 Å². The van der Waals surface area contributed by atoms with Crippen LogP contribution in [-0.4, -0.2) is 33.3 Å². The molecule has 0 saturated carbocycles. The van der Waals surface area contributed by atoms with Gasteiger partial charge in [-0.15, -0.1) is 0 Å². The summed E-state index contributed by atoms with van der Waals surface area (Å²) < 4.78 is 30.8. The maximum absolute atomic E-state index is 12.3. The number of sulfonamides is 1. The number of benzene rings is 2. The summed E-state index contributed by atoms with van der Waals surface area (Å²) in [6.45, 7) is -0.531. The Morgan fingerprint density at radius 3 is 2.34 bits per heavy atom. The minimum Gasteiger partial charge on any atom is -0.455 e. The van der Waals surface area contributed by atoms with E-state index in [2.05, 4.69) is 10.5 Å². The number of hydrogen-bond donors (Lipinski definition) is 1. The molecule has 1 amide bonds. The van der Waals surface area contributed by atoms with Gasteiger partial charge in [0.05, 0.1) is 23.2 Å². The predicted molar refractivity (Wildman–Crippen MR) is 129 cm³/mol. The van der Waals surface area contributed by atoms with Crippen LogP contribution in [0, 0.1) is 0 Å². The van der Waals surface area contributed by atoms with Crippen LogP contribution in [0.1, 0.15) is 5.76 Å². The molecule has 0 aliphatic rings. The molecule has 3 aromatic rings. The Morgan fingerprint density at radius 2 is 1.72 bits per heavy atom. The lowest BCUT2D eigenvalue weighted by molar-refractivity contribution is -0.119. The predicted octanol–water partition coefficient (Wildman–Crippen LogP) is 5.48. The number of hydrazone groups is 1. The Labute approximate surface area is 204 Å². The van der Waals surface area contributed by atoms with Crippen LogP contribution >= 0.6 is 46.4 Å². The topological polar surface area (TPSA) is 92.0 Å². The van der Waals surface area contributed by atoms with Gasteiger partial charge in [0, 0.05) is 20.6 Å². The first kappa shape index (κ1) is 24.4. The summed E-state index contributed by atoms with van der Waals surface area (Å²) in [6, 6.07) is 12.5. The lowest BCUT2D eigenvalue weighted by Crippen LogP contribution is -2.39. The lowest BCUT2D eigenvalue weighted by Gasteiger charge is -2.21. The summed E-state index contributed by atoms with van der Waals surface area (Å²) in [5, 5.41) is 5.18. The maximum Gasteiger partial charge on any atom is 0.260 e. The van der Waals surface area contributed by atoms with E-state index in [-0.39, 0.29) is 15.7 Å². The first-order valence-electron chi connectivity index (χ1n) is 8.84. The highest BCUT2D eigenvalue weighted by Gasteiger charge is 2.21. The molecule has 32 heavy (non-hydrogen) atoms. The quantitative estimate of drug-likeness (QED) is 0.321. The van der Waals surface area contributed by atoms with E-state index >= 15 is 0 Å². The van der Waals surface area contributed by atoms with Crippen LogP contribution in [0.5, 0.6) is 0 Å². The maximum atomic E-state index is 12.3. The van der Waals surface area contributed by atoms with Crippen molar-refractivity contribution < 1.29 is 17.6 Å². The summed E-state index contributed by atoms with van der Waals surface area (Å²) in [5.41, 5.74) is 3.05. The van der Waals surface area contributed by atoms with Crippen LogP contribution in [0.15, 0.2) is 58.0 Å². The molecule has 168 valence electrons. The highest BCUT2D eigenvalue weighted by atomic mass is 35.5. The van der Waals surface area contributed by atoms with E-state index in [4.69, 9.17) is 50.8 Å². The minimum absolute atomic E-state index is 0.152. The second-order valence-corrected chi connectivity index (χ2v) is 10.1. The van der Waals surface area contributed by atoms with Crippen molar-refractivity contribution in [2.45, 2.75) is 0 Å². The molecule has 0 bridgehead atoms. The van der Waals surface area contributed by atoms with Gasteiger partial charge < -0.3 is 4.42 Å². The molecule has 0 atom stereocenters. The molecular weight excluding hydrogens is 520 g/mol. The van der Waals surface area contributed by atoms with Crippen molar-refractivity contribution in [1.29, 1.82) is 0 Å². The van der Waals surface area contributed by atoms with Gasteiger partial charge in [-0.05, 0) is 48.5 Å². The van der Waals surface area contributed by atoms with Crippen LogP contribution in [-0.2, 0) is 14.8 Å². The number of halogens is 4. The minimum atomic E-state index is -3.80. The third-order valence-corrected chi connectivity index (χ3v) is 6.15. The molecular formula is C20H15Cl4N3O4S. The molecule has 7 nitrogen and oxygen atoms in total. The number of anilines is 1. The number of amides is 1. The Kier molecular flexibility index (Phi) is 7.74. The number of hydrogen-bond acceptors (Lipinski definition) is 5. The monoisotopic (exact) mass is 533 g/mol. The van der Waals surface area contributed by atoms with Gasteiger partial charge in [-0.2, -0.15) is 5.10 Å². The van der Waals surface area contributed by atoms with E-state index in [0.717, 1.165) is 10.6 Å². The van der Waals surface area contributed by atoms with Crippen molar-refractivity contribution >= 4 is 74.2 Å². The molecule has 0 aliphatic carbocycles. The van der Waals surface area contributed by atoms with Gasteiger partial charge in [0.2, 0.25) is 10.0 Å². The van der Waals surface area contributed by atoms with Gasteiger partial charge in [-0.25, -0.2) is 13.8 Å². The number of nitrogens with zero attached hydrogens (tertiary/aromatic N) is 2. The van der Waals surface area contributed by atoms with Crippen molar-refractivity contribution in [2.75, 3.05) is 17.1 Å². The van der Waals surface area contributed by atoms with Crippen molar-refractivity contribution in [3.8, 4) is 11.3 Å². The summed E-state index contributed by atoms with van der Waals surface area (Å²) in [7, 11) is -3.80. The number of nitrogens with one attached hydrogen (secondary N) is 1. The van der Waals surface area contributed by atoms with E-state index in [1.807, 2.05) is 0 Å². The summed E-state index contributed by atoms with van der Waals surface area (Å²) in [6.07, 6.45) is 2.23. The third-order valence-electron chi connectivity index (χ3n) is 4.03. The SMILES string of the molecule is CS(=O)(=O)N(CC(=O)N/N=C\c1ccc(-c2ccc(Cl)cc2Cl)o1)c1cc(Cl)cc(Cl)c1. The van der Waals surface area contributed by atoms with Crippen LogP contribution in [0.2, 0.25) is 20.1 Å². The van der Waals surface area contributed by atoms with E-state index in [1.54, 1.807) is 30.3 Å². The standard InChI is InChI=1S/C20H15Cl4N3O4S/c1-32(29,30)27(15-7-13(22)6-14(23)8-15)11-20(28)26-25-10-16-3-5-19(31-16)17-4-2-12(21)9-18(17)24/h2-10H,11H2,1H3,(H,26,28)/b25-10-. The zero-order valence-corrected chi connectivity index (χ0v) is 20.2. The van der Waals surface area contributed by atoms with E-state index in [0.29, 0.717) is 27.1 Å². The van der Waals surface area contributed by atoms with Crippen LogP contribution in [0.3, 0.4) is 0 Å². The summed E-state index contributed by atoms with van der Waals surface area (Å²) >= 11 is 23.9. The van der Waals surface area contributed by atoms with Crippen molar-refractivity contribution in [3.63, 3.8) is 0 Å². The largest absolute Gasteiger partial charge is 0.455 e. The zero-order valence-electron chi connectivity index (χ0n) is 16.4. The van der Waals surface area contributed by atoms with E-state index in [9.17, 15) is 13.2 Å². The summed E-state index contributed by atoms with van der Waals surface area (Å²) in [5.74, 6) is 0.142. The molecule has 1 N–H and O–H groups in total. The molecule has 3 rings (SSSR count). The second-order valence-electron chi connectivity index (χ2n) is 6.52. The van der Waals surface area contributed by atoms with Crippen LogP contribution < -0.4 is 9.73 Å². The van der Waals surface area contributed by atoms with Gasteiger partial charge in [0.15, 0.2) is 0 Å². The first-order chi connectivity index (χ1) is 15.0. The van der Waals surface area contributed by atoms with Crippen LogP contribution in [0.4, 0.5) is 5.69 Å². The van der Waals surface area contributed by atoms with Gasteiger partial charge in [-0.3, -0.25) is 9.10 Å². The average molecular weight is 535 g/mol. The van der Waals surface area contributed by atoms with Crippen molar-refractivity contribution in [2.24, 2.45) is 5.10 Å². The number of carbonyl (C=O) groups excluding carboxylic acids is 1. The molecule has 1 heterocycles. The molecule has 0 aliphatic heterocycles. The Hall–Kier alpha value is -2.23. The fraction of sp³-hybridized carbons (Fsp3) is 0.100. The molecule has 2 aromatic carbocycles. The average Bonchev–Trinajstić information content (AvgIpc) is 3.13. The second kappa shape index (κ2) is 10.1. The normalized spacial score (nSPS) is 11.7. The van der Waals surface area contributed by atoms with Crippen LogP contribution in [0.25, 0.3) is 11.3 Å². The zero-order chi connectivity index (χ0) is 23.5. The van der Waals surface area contributed by atoms with Gasteiger partial charge in [-0.1, -0.05) is 46.4 Å². The summed E-state index contributed by atoms with van der Waals surface area (Å²) in [4.78, 5) is 12.3. The Bertz CT molecular complexity index is 1270. The Balaban J connectivity index is 1.69.